The zero-order valence-electron chi connectivity index (χ0n) is 19.3. The van der Waals surface area contributed by atoms with Crippen LogP contribution in [0.25, 0.3) is 0 Å². The van der Waals surface area contributed by atoms with Crippen LogP contribution in [0, 0.1) is 27.4 Å². The van der Waals surface area contributed by atoms with Gasteiger partial charge in [0.25, 0.3) is 5.69 Å². The molecule has 3 aromatic rings. The summed E-state index contributed by atoms with van der Waals surface area (Å²) >= 11 is 0. The molecular weight excluding hydrogens is 442 g/mol. The van der Waals surface area contributed by atoms with Crippen molar-refractivity contribution in [2.45, 2.75) is 43.7 Å². The number of nitro groups is 1. The van der Waals surface area contributed by atoms with Gasteiger partial charge in [0.15, 0.2) is 5.79 Å². The van der Waals surface area contributed by atoms with Crippen LogP contribution in [0.15, 0.2) is 78.9 Å². The maximum Gasteiger partial charge on any atom is 0.292 e. The third kappa shape index (κ3) is 4.90. The van der Waals surface area contributed by atoms with Crippen molar-refractivity contribution in [2.24, 2.45) is 5.92 Å². The van der Waals surface area contributed by atoms with Gasteiger partial charge < -0.3 is 14.8 Å². The van der Waals surface area contributed by atoms with Gasteiger partial charge >= 0.3 is 0 Å². The fourth-order valence-electron chi connectivity index (χ4n) is 5.24. The topological polar surface area (TPSA) is 97.4 Å². The Morgan fingerprint density at radius 3 is 2.20 bits per heavy atom. The highest BCUT2D eigenvalue weighted by Gasteiger charge is 2.50. The largest absolute Gasteiger partial charge is 0.379 e. The van der Waals surface area contributed by atoms with E-state index in [2.05, 4.69) is 29.6 Å². The summed E-state index contributed by atoms with van der Waals surface area (Å²) in [6.07, 6.45) is 2.99. The Hall–Kier alpha value is -3.73. The van der Waals surface area contributed by atoms with Crippen LogP contribution in [-0.4, -0.2) is 17.3 Å². The lowest BCUT2D eigenvalue weighted by Crippen LogP contribution is -2.38. The van der Waals surface area contributed by atoms with Gasteiger partial charge in [0, 0.05) is 25.5 Å². The minimum absolute atomic E-state index is 0.0313. The molecule has 178 valence electrons. The molecule has 1 aliphatic heterocycles. The SMILES string of the molecule is N#Cc1ccc([N+](=O)[O-])c(NCC2CCCC3(C2)OC(c2ccccc2)C(c2ccccc2)O3)c1. The minimum atomic E-state index is -0.702. The number of anilines is 1. The van der Waals surface area contributed by atoms with Crippen molar-refractivity contribution in [3.63, 3.8) is 0 Å². The van der Waals surface area contributed by atoms with Crippen LogP contribution < -0.4 is 5.32 Å². The van der Waals surface area contributed by atoms with Crippen molar-refractivity contribution in [3.8, 4) is 6.07 Å². The summed E-state index contributed by atoms with van der Waals surface area (Å²) in [5.41, 5.74) is 2.89. The molecule has 0 aromatic heterocycles. The third-order valence-electron chi connectivity index (χ3n) is 6.89. The highest BCUT2D eigenvalue weighted by atomic mass is 16.8. The molecule has 1 N–H and O–H groups in total. The molecule has 0 amide bonds. The molecule has 1 saturated carbocycles. The molecule has 0 radical (unpaired) electrons. The third-order valence-corrected chi connectivity index (χ3v) is 6.89. The van der Waals surface area contributed by atoms with Crippen LogP contribution in [-0.2, 0) is 9.47 Å². The second kappa shape index (κ2) is 9.87. The maximum atomic E-state index is 11.5. The highest BCUT2D eigenvalue weighted by Crippen LogP contribution is 2.53. The fourth-order valence-corrected chi connectivity index (χ4v) is 5.24. The zero-order valence-corrected chi connectivity index (χ0v) is 19.3. The number of hydrogen-bond donors (Lipinski definition) is 1. The summed E-state index contributed by atoms with van der Waals surface area (Å²) in [6, 6.07) is 26.8. The smallest absolute Gasteiger partial charge is 0.292 e. The minimum Gasteiger partial charge on any atom is -0.379 e. The van der Waals surface area contributed by atoms with Gasteiger partial charge in [-0.1, -0.05) is 60.7 Å². The molecule has 5 rings (SSSR count). The molecule has 0 bridgehead atoms. The second-order valence-electron chi connectivity index (χ2n) is 9.25. The van der Waals surface area contributed by atoms with E-state index in [1.165, 1.54) is 18.2 Å². The molecule has 7 heteroatoms. The summed E-state index contributed by atoms with van der Waals surface area (Å²) in [7, 11) is 0. The van der Waals surface area contributed by atoms with Crippen molar-refractivity contribution in [3.05, 3.63) is 106 Å². The molecule has 1 saturated heterocycles. The highest BCUT2D eigenvalue weighted by molar-refractivity contribution is 5.64. The predicted molar refractivity (Wildman–Crippen MR) is 132 cm³/mol. The first-order valence-electron chi connectivity index (χ1n) is 11.9. The van der Waals surface area contributed by atoms with Gasteiger partial charge in [-0.15, -0.1) is 0 Å². The number of rotatable bonds is 6. The quantitative estimate of drug-likeness (QED) is 0.336. The Labute approximate surface area is 204 Å². The van der Waals surface area contributed by atoms with E-state index in [1.54, 1.807) is 0 Å². The lowest BCUT2D eigenvalue weighted by molar-refractivity contribution is -0.384. The van der Waals surface area contributed by atoms with Crippen molar-refractivity contribution in [2.75, 3.05) is 11.9 Å². The average Bonchev–Trinajstić information content (AvgIpc) is 3.26. The molecule has 35 heavy (non-hydrogen) atoms. The first kappa shape index (κ1) is 23.0. The van der Waals surface area contributed by atoms with E-state index in [0.29, 0.717) is 24.2 Å². The predicted octanol–water partition coefficient (Wildman–Crippen LogP) is 6.29. The van der Waals surface area contributed by atoms with Crippen LogP contribution in [0.3, 0.4) is 0 Å². The fraction of sp³-hybridized carbons (Fsp3) is 0.321. The van der Waals surface area contributed by atoms with Gasteiger partial charge in [-0.25, -0.2) is 0 Å². The van der Waals surface area contributed by atoms with E-state index in [-0.39, 0.29) is 23.8 Å². The summed E-state index contributed by atoms with van der Waals surface area (Å²) in [5, 5.41) is 23.9. The van der Waals surface area contributed by atoms with Gasteiger partial charge in [-0.05, 0) is 42.0 Å². The monoisotopic (exact) mass is 469 g/mol. The molecule has 2 fully saturated rings. The second-order valence-corrected chi connectivity index (χ2v) is 9.25. The number of nitrogens with zero attached hydrogens (tertiary/aromatic N) is 2. The van der Waals surface area contributed by atoms with Crippen LogP contribution in [0.1, 0.15) is 54.6 Å². The van der Waals surface area contributed by atoms with E-state index >= 15 is 0 Å². The first-order chi connectivity index (χ1) is 17.1. The number of nitro benzene ring substituents is 1. The van der Waals surface area contributed by atoms with Crippen molar-refractivity contribution >= 4 is 11.4 Å². The Morgan fingerprint density at radius 1 is 1.00 bits per heavy atom. The van der Waals surface area contributed by atoms with E-state index in [9.17, 15) is 15.4 Å². The number of ether oxygens (including phenoxy) is 2. The number of hydrogen-bond acceptors (Lipinski definition) is 6. The molecule has 1 heterocycles. The van der Waals surface area contributed by atoms with E-state index in [0.717, 1.165) is 30.4 Å². The number of nitrogens with one attached hydrogen (secondary N) is 1. The first-order valence-corrected chi connectivity index (χ1v) is 11.9. The van der Waals surface area contributed by atoms with Crippen molar-refractivity contribution in [1.82, 2.24) is 0 Å². The summed E-state index contributed by atoms with van der Waals surface area (Å²) in [4.78, 5) is 11.0. The van der Waals surface area contributed by atoms with Crippen LogP contribution in [0.5, 0.6) is 0 Å². The molecule has 3 unspecified atom stereocenters. The molecule has 1 aliphatic carbocycles. The standard InChI is InChI=1S/C28H27N3O4/c29-18-20-13-14-25(31(32)33)24(16-20)30-19-21-8-7-15-28(17-21)34-26(22-9-3-1-4-10-22)27(35-28)23-11-5-2-6-12-23/h1-6,9-14,16,21,26-27,30H,7-8,15,17,19H2. The van der Waals surface area contributed by atoms with E-state index in [1.807, 2.05) is 42.5 Å². The van der Waals surface area contributed by atoms with Gasteiger partial charge in [-0.2, -0.15) is 5.26 Å². The number of nitriles is 1. The number of benzene rings is 3. The van der Waals surface area contributed by atoms with Gasteiger partial charge in [0.2, 0.25) is 0 Å². The van der Waals surface area contributed by atoms with Crippen LogP contribution in [0.4, 0.5) is 11.4 Å². The van der Waals surface area contributed by atoms with Gasteiger partial charge in [-0.3, -0.25) is 10.1 Å². The summed E-state index contributed by atoms with van der Waals surface area (Å²) in [5.74, 6) is -0.494. The Kier molecular flexibility index (Phi) is 6.49. The van der Waals surface area contributed by atoms with Gasteiger partial charge in [0.1, 0.15) is 17.9 Å². The molecule has 1 spiro atoms. The van der Waals surface area contributed by atoms with Crippen molar-refractivity contribution < 1.29 is 14.4 Å². The lowest BCUT2D eigenvalue weighted by atomic mass is 9.84. The molecule has 3 atom stereocenters. The molecule has 3 aromatic carbocycles. The normalized spacial score (nSPS) is 25.7. The zero-order chi connectivity index (χ0) is 24.3. The lowest BCUT2D eigenvalue weighted by Gasteiger charge is -2.37. The molecule has 2 aliphatic rings. The maximum absolute atomic E-state index is 11.5. The summed E-state index contributed by atoms with van der Waals surface area (Å²) < 4.78 is 13.4. The Balaban J connectivity index is 1.35. The Bertz CT molecular complexity index is 1180. The van der Waals surface area contributed by atoms with Crippen LogP contribution in [0.2, 0.25) is 0 Å². The van der Waals surface area contributed by atoms with E-state index in [4.69, 9.17) is 9.47 Å². The summed E-state index contributed by atoms with van der Waals surface area (Å²) in [6.45, 7) is 0.538. The molecule has 7 nitrogen and oxygen atoms in total. The molecular formula is C28H27N3O4. The van der Waals surface area contributed by atoms with E-state index < -0.39 is 10.7 Å². The van der Waals surface area contributed by atoms with Gasteiger partial charge in [0.05, 0.1) is 16.6 Å². The van der Waals surface area contributed by atoms with Crippen molar-refractivity contribution in [1.29, 1.82) is 5.26 Å². The average molecular weight is 470 g/mol. The Morgan fingerprint density at radius 2 is 1.63 bits per heavy atom. The van der Waals surface area contributed by atoms with Crippen LogP contribution >= 0.6 is 0 Å².